The van der Waals surface area contributed by atoms with E-state index in [1.165, 1.54) is 0 Å². The summed E-state index contributed by atoms with van der Waals surface area (Å²) in [5, 5.41) is 9.27. The fourth-order valence-electron chi connectivity index (χ4n) is 2.39. The van der Waals surface area contributed by atoms with E-state index in [0.29, 0.717) is 18.5 Å². The Labute approximate surface area is 120 Å². The van der Waals surface area contributed by atoms with Crippen LogP contribution in [0.2, 0.25) is 0 Å². The molecule has 1 aliphatic heterocycles. The van der Waals surface area contributed by atoms with Crippen LogP contribution in [0.25, 0.3) is 0 Å². The molecule has 1 fully saturated rings. The zero-order valence-corrected chi connectivity index (χ0v) is 12.3. The summed E-state index contributed by atoms with van der Waals surface area (Å²) in [5.74, 6) is -0.947. The predicted octanol–water partition coefficient (Wildman–Crippen LogP) is 2.78. The molecule has 1 saturated heterocycles. The van der Waals surface area contributed by atoms with E-state index in [1.54, 1.807) is 24.0 Å². The molecule has 1 unspecified atom stereocenters. The smallest absolute Gasteiger partial charge is 0.311 e. The van der Waals surface area contributed by atoms with Crippen LogP contribution in [0.4, 0.5) is 0 Å². The lowest BCUT2D eigenvalue weighted by atomic mass is 9.82. The number of hydrogen-bond donors (Lipinski definition) is 1. The van der Waals surface area contributed by atoms with Crippen molar-refractivity contribution in [2.45, 2.75) is 19.8 Å². The van der Waals surface area contributed by atoms with E-state index in [4.69, 9.17) is 0 Å². The van der Waals surface area contributed by atoms with Crippen molar-refractivity contribution in [1.29, 1.82) is 0 Å². The van der Waals surface area contributed by atoms with Crippen LogP contribution < -0.4 is 0 Å². The maximum absolute atomic E-state index is 12.4. The van der Waals surface area contributed by atoms with Crippen molar-refractivity contribution in [1.82, 2.24) is 4.90 Å². The molecule has 0 spiro atoms. The molecule has 19 heavy (non-hydrogen) atoms. The van der Waals surface area contributed by atoms with Gasteiger partial charge in [0.1, 0.15) is 0 Å². The zero-order chi connectivity index (χ0) is 14.0. The molecule has 0 saturated carbocycles. The summed E-state index contributed by atoms with van der Waals surface area (Å²) < 4.78 is 0.739. The van der Waals surface area contributed by atoms with Crippen molar-refractivity contribution < 1.29 is 14.7 Å². The fraction of sp³-hybridized carbons (Fsp3) is 0.429. The Morgan fingerprint density at radius 3 is 2.68 bits per heavy atom. The second-order valence-corrected chi connectivity index (χ2v) is 6.03. The first-order chi connectivity index (χ1) is 8.94. The summed E-state index contributed by atoms with van der Waals surface area (Å²) in [6.45, 7) is 2.58. The number of piperidine rings is 1. The number of halogens is 1. The number of aliphatic carboxylic acids is 1. The highest BCUT2D eigenvalue weighted by Crippen LogP contribution is 2.31. The van der Waals surface area contributed by atoms with Crippen LogP contribution in [-0.4, -0.2) is 35.0 Å². The van der Waals surface area contributed by atoms with E-state index in [0.717, 1.165) is 10.9 Å². The minimum atomic E-state index is -0.838. The van der Waals surface area contributed by atoms with Gasteiger partial charge in [0, 0.05) is 17.6 Å². The van der Waals surface area contributed by atoms with Crippen molar-refractivity contribution in [2.24, 2.45) is 5.41 Å². The van der Waals surface area contributed by atoms with Gasteiger partial charge < -0.3 is 10.0 Å². The van der Waals surface area contributed by atoms with Gasteiger partial charge in [0.2, 0.25) is 0 Å². The summed E-state index contributed by atoms with van der Waals surface area (Å²) in [6.07, 6.45) is 1.33. The van der Waals surface area contributed by atoms with E-state index in [9.17, 15) is 14.7 Å². The summed E-state index contributed by atoms with van der Waals surface area (Å²) in [4.78, 5) is 25.4. The van der Waals surface area contributed by atoms with Crippen LogP contribution >= 0.6 is 15.9 Å². The van der Waals surface area contributed by atoms with Gasteiger partial charge in [0.25, 0.3) is 5.91 Å². The van der Waals surface area contributed by atoms with E-state index in [1.807, 2.05) is 12.1 Å². The summed E-state index contributed by atoms with van der Waals surface area (Å²) in [7, 11) is 0. The summed E-state index contributed by atoms with van der Waals surface area (Å²) in [5.41, 5.74) is -0.257. The third kappa shape index (κ3) is 2.81. The van der Waals surface area contributed by atoms with Crippen LogP contribution in [0.15, 0.2) is 28.7 Å². The number of rotatable bonds is 2. The zero-order valence-electron chi connectivity index (χ0n) is 10.7. The maximum Gasteiger partial charge on any atom is 0.311 e. The largest absolute Gasteiger partial charge is 0.481 e. The Hall–Kier alpha value is -1.36. The maximum atomic E-state index is 12.4. The van der Waals surface area contributed by atoms with Crippen LogP contribution in [0.3, 0.4) is 0 Å². The molecule has 0 radical (unpaired) electrons. The van der Waals surface area contributed by atoms with Gasteiger partial charge in [-0.2, -0.15) is 0 Å². The molecule has 1 atom stereocenters. The second kappa shape index (κ2) is 5.33. The molecule has 0 aromatic heterocycles. The van der Waals surface area contributed by atoms with Gasteiger partial charge in [0.05, 0.1) is 11.0 Å². The van der Waals surface area contributed by atoms with Gasteiger partial charge in [-0.05, 0) is 47.8 Å². The van der Waals surface area contributed by atoms with Crippen molar-refractivity contribution in [3.63, 3.8) is 0 Å². The molecule has 1 aromatic rings. The highest BCUT2D eigenvalue weighted by atomic mass is 79.9. The lowest BCUT2D eigenvalue weighted by Crippen LogP contribution is -2.48. The molecule has 1 aromatic carbocycles. The van der Waals surface area contributed by atoms with Crippen molar-refractivity contribution in [2.75, 3.05) is 13.1 Å². The lowest BCUT2D eigenvalue weighted by Gasteiger charge is -2.37. The fourth-order valence-corrected chi connectivity index (χ4v) is 2.85. The van der Waals surface area contributed by atoms with Crippen LogP contribution in [0, 0.1) is 5.41 Å². The summed E-state index contributed by atoms with van der Waals surface area (Å²) >= 11 is 3.36. The molecule has 1 N–H and O–H groups in total. The van der Waals surface area contributed by atoms with Crippen molar-refractivity contribution in [3.8, 4) is 0 Å². The van der Waals surface area contributed by atoms with Gasteiger partial charge in [-0.1, -0.05) is 12.1 Å². The number of likely N-dealkylation sites (tertiary alicyclic amines) is 1. The van der Waals surface area contributed by atoms with Crippen molar-refractivity contribution in [3.05, 3.63) is 34.3 Å². The number of amides is 1. The molecule has 0 aliphatic carbocycles. The first-order valence-electron chi connectivity index (χ1n) is 6.21. The van der Waals surface area contributed by atoms with Crippen LogP contribution in [0.1, 0.15) is 30.1 Å². The average molecular weight is 326 g/mol. The van der Waals surface area contributed by atoms with E-state index in [-0.39, 0.29) is 12.5 Å². The molecule has 2 rings (SSSR count). The molecule has 0 bridgehead atoms. The van der Waals surface area contributed by atoms with Gasteiger partial charge in [-0.3, -0.25) is 9.59 Å². The highest BCUT2D eigenvalue weighted by molar-refractivity contribution is 9.10. The molecule has 4 nitrogen and oxygen atoms in total. The molecular formula is C14H16BrNO3. The Bertz CT molecular complexity index is 517. The normalized spacial score (nSPS) is 23.2. The second-order valence-electron chi connectivity index (χ2n) is 5.18. The average Bonchev–Trinajstić information content (AvgIpc) is 2.38. The van der Waals surface area contributed by atoms with Gasteiger partial charge in [0.15, 0.2) is 0 Å². The van der Waals surface area contributed by atoms with Gasteiger partial charge in [-0.15, -0.1) is 0 Å². The number of carboxylic acid groups (broad SMARTS) is 1. The van der Waals surface area contributed by atoms with E-state index in [2.05, 4.69) is 15.9 Å². The lowest BCUT2D eigenvalue weighted by molar-refractivity contribution is -0.150. The molecular weight excluding hydrogens is 310 g/mol. The summed E-state index contributed by atoms with van der Waals surface area (Å²) in [6, 6.07) is 7.21. The molecule has 1 amide bonds. The van der Waals surface area contributed by atoms with Crippen LogP contribution in [0.5, 0.6) is 0 Å². The number of carboxylic acids is 1. The standard InChI is InChI=1S/C14H16BrNO3/c1-14(13(18)19)7-4-8-16(9-14)12(17)10-5-2-3-6-11(10)15/h2-3,5-6H,4,7-9H2,1H3,(H,18,19). The topological polar surface area (TPSA) is 57.6 Å². The first kappa shape index (κ1) is 14.1. The number of hydrogen-bond acceptors (Lipinski definition) is 2. The Morgan fingerprint density at radius 1 is 1.37 bits per heavy atom. The number of nitrogens with zero attached hydrogens (tertiary/aromatic N) is 1. The minimum Gasteiger partial charge on any atom is -0.481 e. The predicted molar refractivity (Wildman–Crippen MR) is 75.0 cm³/mol. The SMILES string of the molecule is CC1(C(=O)O)CCCN(C(=O)c2ccccc2Br)C1. The minimum absolute atomic E-state index is 0.111. The molecule has 5 heteroatoms. The van der Waals surface area contributed by atoms with Crippen molar-refractivity contribution >= 4 is 27.8 Å². The molecule has 1 heterocycles. The monoisotopic (exact) mass is 325 g/mol. The molecule has 102 valence electrons. The van der Waals surface area contributed by atoms with Gasteiger partial charge in [-0.25, -0.2) is 0 Å². The van der Waals surface area contributed by atoms with E-state index < -0.39 is 11.4 Å². The number of benzene rings is 1. The third-order valence-electron chi connectivity index (χ3n) is 3.60. The Kier molecular flexibility index (Phi) is 3.94. The quantitative estimate of drug-likeness (QED) is 0.909. The molecule has 1 aliphatic rings. The van der Waals surface area contributed by atoms with Crippen LogP contribution in [-0.2, 0) is 4.79 Å². The van der Waals surface area contributed by atoms with E-state index >= 15 is 0 Å². The Morgan fingerprint density at radius 2 is 2.05 bits per heavy atom. The number of carbonyl (C=O) groups is 2. The van der Waals surface area contributed by atoms with Gasteiger partial charge >= 0.3 is 5.97 Å². The first-order valence-corrected chi connectivity index (χ1v) is 7.00. The highest BCUT2D eigenvalue weighted by Gasteiger charge is 2.39. The Balaban J connectivity index is 2.21. The number of carbonyl (C=O) groups excluding carboxylic acids is 1. The third-order valence-corrected chi connectivity index (χ3v) is 4.30.